The van der Waals surface area contributed by atoms with E-state index in [0.29, 0.717) is 40.8 Å². The molecule has 0 saturated carbocycles. The van der Waals surface area contributed by atoms with Crippen molar-refractivity contribution in [2.75, 3.05) is 33.9 Å². The van der Waals surface area contributed by atoms with E-state index in [-0.39, 0.29) is 11.8 Å². The van der Waals surface area contributed by atoms with Gasteiger partial charge in [-0.3, -0.25) is 14.5 Å². The molecule has 6 heteroatoms. The SMILES string of the molecule is CCCCN1C(=O)C(c2ccc(OC)c(OC)c2)=C(N2CCC(C)CC2)C1=O. The predicted molar refractivity (Wildman–Crippen MR) is 108 cm³/mol. The fourth-order valence-electron chi connectivity index (χ4n) is 3.86. The van der Waals surface area contributed by atoms with Gasteiger partial charge in [0.15, 0.2) is 11.5 Å². The average Bonchev–Trinajstić information content (AvgIpc) is 2.96. The Morgan fingerprint density at radius 3 is 2.32 bits per heavy atom. The van der Waals surface area contributed by atoms with E-state index in [1.807, 2.05) is 6.07 Å². The van der Waals surface area contributed by atoms with Gasteiger partial charge in [-0.25, -0.2) is 0 Å². The van der Waals surface area contributed by atoms with Crippen LogP contribution in [0.1, 0.15) is 45.1 Å². The van der Waals surface area contributed by atoms with E-state index >= 15 is 0 Å². The summed E-state index contributed by atoms with van der Waals surface area (Å²) < 4.78 is 10.7. The molecule has 1 aromatic carbocycles. The van der Waals surface area contributed by atoms with Crippen molar-refractivity contribution < 1.29 is 19.1 Å². The van der Waals surface area contributed by atoms with Crippen molar-refractivity contribution in [3.63, 3.8) is 0 Å². The van der Waals surface area contributed by atoms with Crippen LogP contribution in [0.4, 0.5) is 0 Å². The van der Waals surface area contributed by atoms with Gasteiger partial charge in [-0.05, 0) is 42.9 Å². The molecule has 0 unspecified atom stereocenters. The van der Waals surface area contributed by atoms with Crippen LogP contribution < -0.4 is 9.47 Å². The first-order chi connectivity index (χ1) is 13.5. The Labute approximate surface area is 167 Å². The lowest BCUT2D eigenvalue weighted by atomic mass is 9.97. The van der Waals surface area contributed by atoms with Crippen molar-refractivity contribution in [2.45, 2.75) is 39.5 Å². The number of ether oxygens (including phenoxy) is 2. The van der Waals surface area contributed by atoms with Crippen molar-refractivity contribution in [3.8, 4) is 11.5 Å². The van der Waals surface area contributed by atoms with E-state index in [4.69, 9.17) is 9.47 Å². The lowest BCUT2D eigenvalue weighted by molar-refractivity contribution is -0.137. The van der Waals surface area contributed by atoms with Crippen LogP contribution in [0.15, 0.2) is 23.9 Å². The lowest BCUT2D eigenvalue weighted by Gasteiger charge is -2.32. The molecule has 2 heterocycles. The summed E-state index contributed by atoms with van der Waals surface area (Å²) in [6.45, 7) is 6.34. The van der Waals surface area contributed by atoms with Crippen molar-refractivity contribution >= 4 is 17.4 Å². The number of imide groups is 1. The molecule has 3 rings (SSSR count). The smallest absolute Gasteiger partial charge is 0.277 e. The quantitative estimate of drug-likeness (QED) is 0.673. The second kappa shape index (κ2) is 8.67. The molecule has 0 radical (unpaired) electrons. The Bertz CT molecular complexity index is 779. The predicted octanol–water partition coefficient (Wildman–Crippen LogP) is 3.32. The largest absolute Gasteiger partial charge is 0.493 e. The van der Waals surface area contributed by atoms with Crippen LogP contribution >= 0.6 is 0 Å². The molecular formula is C22H30N2O4. The molecule has 0 aromatic heterocycles. The van der Waals surface area contributed by atoms with Crippen molar-refractivity contribution in [3.05, 3.63) is 29.5 Å². The number of likely N-dealkylation sites (tertiary alicyclic amines) is 1. The van der Waals surface area contributed by atoms with Gasteiger partial charge in [0, 0.05) is 19.6 Å². The van der Waals surface area contributed by atoms with E-state index in [0.717, 1.165) is 38.8 Å². The summed E-state index contributed by atoms with van der Waals surface area (Å²) in [7, 11) is 3.14. The molecule has 0 spiro atoms. The molecule has 1 aromatic rings. The zero-order valence-corrected chi connectivity index (χ0v) is 17.3. The zero-order valence-electron chi connectivity index (χ0n) is 17.3. The summed E-state index contributed by atoms with van der Waals surface area (Å²) in [5.74, 6) is 1.41. The maximum atomic E-state index is 13.2. The van der Waals surface area contributed by atoms with E-state index in [9.17, 15) is 9.59 Å². The summed E-state index contributed by atoms with van der Waals surface area (Å²) >= 11 is 0. The molecule has 0 aliphatic carbocycles. The van der Waals surface area contributed by atoms with E-state index < -0.39 is 0 Å². The van der Waals surface area contributed by atoms with Crippen LogP contribution in [0, 0.1) is 5.92 Å². The maximum Gasteiger partial charge on any atom is 0.277 e. The third kappa shape index (κ3) is 3.73. The fourth-order valence-corrected chi connectivity index (χ4v) is 3.86. The summed E-state index contributed by atoms with van der Waals surface area (Å²) in [4.78, 5) is 30.0. The maximum absolute atomic E-state index is 13.2. The highest BCUT2D eigenvalue weighted by molar-refractivity contribution is 6.35. The van der Waals surface area contributed by atoms with Crippen LogP contribution in [-0.2, 0) is 9.59 Å². The van der Waals surface area contributed by atoms with Gasteiger partial charge in [-0.1, -0.05) is 26.3 Å². The number of unbranched alkanes of at least 4 members (excludes halogenated alkanes) is 1. The summed E-state index contributed by atoms with van der Waals surface area (Å²) in [6, 6.07) is 5.40. The number of carbonyl (C=O) groups is 2. The molecule has 2 amide bonds. The summed E-state index contributed by atoms with van der Waals surface area (Å²) in [5, 5.41) is 0. The van der Waals surface area contributed by atoms with Crippen molar-refractivity contribution in [1.29, 1.82) is 0 Å². The topological polar surface area (TPSA) is 59.1 Å². The number of amides is 2. The van der Waals surface area contributed by atoms with Gasteiger partial charge in [0.2, 0.25) is 0 Å². The summed E-state index contributed by atoms with van der Waals surface area (Å²) in [6.07, 6.45) is 3.79. The van der Waals surface area contributed by atoms with Crippen LogP contribution in [-0.4, -0.2) is 55.5 Å². The van der Waals surface area contributed by atoms with Gasteiger partial charge in [0.1, 0.15) is 5.70 Å². The standard InChI is InChI=1S/C22H30N2O4/c1-5-6-11-24-21(25)19(16-7-8-17(27-3)18(14-16)28-4)20(22(24)26)23-12-9-15(2)10-13-23/h7-8,14-15H,5-6,9-13H2,1-4H3. The normalized spacial score (nSPS) is 18.3. The highest BCUT2D eigenvalue weighted by atomic mass is 16.5. The van der Waals surface area contributed by atoms with Crippen LogP contribution in [0.3, 0.4) is 0 Å². The Morgan fingerprint density at radius 1 is 1.04 bits per heavy atom. The molecule has 152 valence electrons. The molecule has 0 bridgehead atoms. The number of rotatable bonds is 7. The number of carbonyl (C=O) groups excluding carboxylic acids is 2. The molecule has 6 nitrogen and oxygen atoms in total. The van der Waals surface area contributed by atoms with Gasteiger partial charge in [-0.15, -0.1) is 0 Å². The molecule has 2 aliphatic heterocycles. The number of methoxy groups -OCH3 is 2. The molecule has 28 heavy (non-hydrogen) atoms. The van der Waals surface area contributed by atoms with Crippen LogP contribution in [0.2, 0.25) is 0 Å². The second-order valence-electron chi connectivity index (χ2n) is 7.58. The molecule has 0 atom stereocenters. The first-order valence-electron chi connectivity index (χ1n) is 10.1. The number of benzene rings is 1. The number of nitrogens with zero attached hydrogens (tertiary/aromatic N) is 2. The minimum atomic E-state index is -0.209. The molecule has 1 fully saturated rings. The average molecular weight is 386 g/mol. The molecular weight excluding hydrogens is 356 g/mol. The molecule has 0 N–H and O–H groups in total. The van der Waals surface area contributed by atoms with E-state index in [1.165, 1.54) is 4.90 Å². The Hall–Kier alpha value is -2.50. The Kier molecular flexibility index (Phi) is 6.27. The second-order valence-corrected chi connectivity index (χ2v) is 7.58. The number of hydrogen-bond donors (Lipinski definition) is 0. The third-order valence-electron chi connectivity index (χ3n) is 5.65. The van der Waals surface area contributed by atoms with Gasteiger partial charge in [-0.2, -0.15) is 0 Å². The Balaban J connectivity index is 2.05. The van der Waals surface area contributed by atoms with Crippen molar-refractivity contribution in [2.24, 2.45) is 5.92 Å². The van der Waals surface area contributed by atoms with Crippen LogP contribution in [0.5, 0.6) is 11.5 Å². The minimum Gasteiger partial charge on any atom is -0.493 e. The first kappa shape index (κ1) is 20.2. The third-order valence-corrected chi connectivity index (χ3v) is 5.65. The van der Waals surface area contributed by atoms with Crippen molar-refractivity contribution in [1.82, 2.24) is 9.80 Å². The van der Waals surface area contributed by atoms with Gasteiger partial charge in [0.05, 0.1) is 19.8 Å². The molecule has 2 aliphatic rings. The Morgan fingerprint density at radius 2 is 1.71 bits per heavy atom. The first-order valence-corrected chi connectivity index (χ1v) is 10.1. The monoisotopic (exact) mass is 386 g/mol. The van der Waals surface area contributed by atoms with Gasteiger partial charge in [0.25, 0.3) is 11.8 Å². The highest BCUT2D eigenvalue weighted by Gasteiger charge is 2.41. The van der Waals surface area contributed by atoms with Gasteiger partial charge >= 0.3 is 0 Å². The fraction of sp³-hybridized carbons (Fsp3) is 0.545. The zero-order chi connectivity index (χ0) is 20.3. The van der Waals surface area contributed by atoms with Crippen LogP contribution in [0.25, 0.3) is 5.57 Å². The van der Waals surface area contributed by atoms with E-state index in [1.54, 1.807) is 26.4 Å². The minimum absolute atomic E-state index is 0.169. The number of piperidine rings is 1. The van der Waals surface area contributed by atoms with Gasteiger partial charge < -0.3 is 14.4 Å². The van der Waals surface area contributed by atoms with E-state index in [2.05, 4.69) is 18.7 Å². The summed E-state index contributed by atoms with van der Waals surface area (Å²) in [5.41, 5.74) is 1.72. The highest BCUT2D eigenvalue weighted by Crippen LogP contribution is 2.37. The number of hydrogen-bond acceptors (Lipinski definition) is 5. The lowest BCUT2D eigenvalue weighted by Crippen LogP contribution is -2.38. The molecule has 1 saturated heterocycles.